The second-order valence-corrected chi connectivity index (χ2v) is 5.49. The molecular formula is C19H16N2O5. The third kappa shape index (κ3) is 3.77. The van der Waals surface area contributed by atoms with E-state index in [9.17, 15) is 14.9 Å². The van der Waals surface area contributed by atoms with Crippen molar-refractivity contribution >= 4 is 11.7 Å². The van der Waals surface area contributed by atoms with Crippen LogP contribution in [-0.2, 0) is 11.2 Å². The fourth-order valence-corrected chi connectivity index (χ4v) is 2.51. The van der Waals surface area contributed by atoms with Crippen LogP contribution in [0.2, 0.25) is 0 Å². The Bertz CT molecular complexity index is 934. The van der Waals surface area contributed by atoms with Crippen LogP contribution >= 0.6 is 0 Å². The van der Waals surface area contributed by atoms with Crippen LogP contribution in [0.3, 0.4) is 0 Å². The molecule has 0 atom stereocenters. The van der Waals surface area contributed by atoms with Crippen molar-refractivity contribution in [3.8, 4) is 11.5 Å². The molecule has 26 heavy (non-hydrogen) atoms. The maximum Gasteiger partial charge on any atom is 0.376 e. The Labute approximate surface area is 149 Å². The maximum absolute atomic E-state index is 12.2. The predicted molar refractivity (Wildman–Crippen MR) is 93.8 cm³/mol. The molecule has 2 aromatic carbocycles. The summed E-state index contributed by atoms with van der Waals surface area (Å²) in [5.74, 6) is -0.297. The fraction of sp³-hybridized carbons (Fsp3) is 0.158. The average molecular weight is 352 g/mol. The van der Waals surface area contributed by atoms with Gasteiger partial charge < -0.3 is 9.15 Å². The Hall–Kier alpha value is -3.48. The SMILES string of the molecule is CCOC(=O)c1oc(-c2ccccc2)nc1Cc1cccc([N+](=O)[O-])c1. The van der Waals surface area contributed by atoms with E-state index in [0.717, 1.165) is 5.56 Å². The first-order valence-corrected chi connectivity index (χ1v) is 8.04. The normalized spacial score (nSPS) is 10.5. The zero-order chi connectivity index (χ0) is 18.5. The average Bonchev–Trinajstić information content (AvgIpc) is 3.07. The van der Waals surface area contributed by atoms with E-state index in [-0.39, 0.29) is 24.5 Å². The van der Waals surface area contributed by atoms with E-state index in [1.54, 1.807) is 19.1 Å². The van der Waals surface area contributed by atoms with E-state index in [1.807, 2.05) is 30.3 Å². The number of carbonyl (C=O) groups excluding carboxylic acids is 1. The molecule has 0 aliphatic heterocycles. The lowest BCUT2D eigenvalue weighted by molar-refractivity contribution is -0.384. The summed E-state index contributed by atoms with van der Waals surface area (Å²) in [7, 11) is 0. The van der Waals surface area contributed by atoms with Gasteiger partial charge in [0, 0.05) is 24.1 Å². The number of oxazole rings is 1. The van der Waals surface area contributed by atoms with Crippen molar-refractivity contribution in [1.29, 1.82) is 0 Å². The summed E-state index contributed by atoms with van der Waals surface area (Å²) >= 11 is 0. The van der Waals surface area contributed by atoms with Gasteiger partial charge in [0.25, 0.3) is 5.69 Å². The van der Waals surface area contributed by atoms with Crippen molar-refractivity contribution in [2.24, 2.45) is 0 Å². The zero-order valence-electron chi connectivity index (χ0n) is 14.0. The summed E-state index contributed by atoms with van der Waals surface area (Å²) in [6, 6.07) is 15.4. The Morgan fingerprint density at radius 1 is 1.19 bits per heavy atom. The molecule has 0 saturated heterocycles. The Morgan fingerprint density at radius 2 is 1.96 bits per heavy atom. The summed E-state index contributed by atoms with van der Waals surface area (Å²) in [6.45, 7) is 1.91. The molecule has 1 aromatic heterocycles. The predicted octanol–water partition coefficient (Wildman–Crippen LogP) is 4.02. The van der Waals surface area contributed by atoms with Gasteiger partial charge in [0.15, 0.2) is 0 Å². The summed E-state index contributed by atoms with van der Waals surface area (Å²) in [4.78, 5) is 27.1. The van der Waals surface area contributed by atoms with E-state index in [2.05, 4.69) is 4.98 Å². The van der Waals surface area contributed by atoms with Crippen molar-refractivity contribution in [3.63, 3.8) is 0 Å². The van der Waals surface area contributed by atoms with E-state index in [4.69, 9.17) is 9.15 Å². The number of ether oxygens (including phenoxy) is 1. The topological polar surface area (TPSA) is 95.5 Å². The summed E-state index contributed by atoms with van der Waals surface area (Å²) in [5.41, 5.74) is 1.73. The number of nitro benzene ring substituents is 1. The molecule has 7 nitrogen and oxygen atoms in total. The van der Waals surface area contributed by atoms with Gasteiger partial charge in [0.1, 0.15) is 0 Å². The third-order valence-corrected chi connectivity index (χ3v) is 3.67. The lowest BCUT2D eigenvalue weighted by Gasteiger charge is -2.02. The first-order chi connectivity index (χ1) is 12.6. The number of aromatic nitrogens is 1. The molecule has 7 heteroatoms. The number of benzene rings is 2. The summed E-state index contributed by atoms with van der Waals surface area (Å²) in [5, 5.41) is 11.0. The lowest BCUT2D eigenvalue weighted by Crippen LogP contribution is -2.07. The molecule has 1 heterocycles. The number of hydrogen-bond acceptors (Lipinski definition) is 6. The van der Waals surface area contributed by atoms with Gasteiger partial charge in [0.2, 0.25) is 11.7 Å². The Kier molecular flexibility index (Phi) is 5.07. The van der Waals surface area contributed by atoms with E-state index in [0.29, 0.717) is 17.1 Å². The first-order valence-electron chi connectivity index (χ1n) is 8.04. The Balaban J connectivity index is 1.99. The van der Waals surface area contributed by atoms with Crippen LogP contribution in [0, 0.1) is 10.1 Å². The highest BCUT2D eigenvalue weighted by molar-refractivity contribution is 5.88. The summed E-state index contributed by atoms with van der Waals surface area (Å²) in [6.07, 6.45) is 0.214. The molecular weight excluding hydrogens is 336 g/mol. The number of rotatable bonds is 6. The maximum atomic E-state index is 12.2. The molecule has 0 aliphatic rings. The van der Waals surface area contributed by atoms with Gasteiger partial charge in [-0.3, -0.25) is 10.1 Å². The minimum Gasteiger partial charge on any atom is -0.460 e. The first kappa shape index (κ1) is 17.3. The highest BCUT2D eigenvalue weighted by Crippen LogP contribution is 2.25. The van der Waals surface area contributed by atoms with Crippen molar-refractivity contribution in [1.82, 2.24) is 4.98 Å². The van der Waals surface area contributed by atoms with Crippen molar-refractivity contribution in [3.05, 3.63) is 81.7 Å². The zero-order valence-corrected chi connectivity index (χ0v) is 14.0. The molecule has 0 spiro atoms. The second-order valence-electron chi connectivity index (χ2n) is 5.49. The van der Waals surface area contributed by atoms with Gasteiger partial charge in [-0.15, -0.1) is 0 Å². The number of hydrogen-bond donors (Lipinski definition) is 0. The van der Waals surface area contributed by atoms with Crippen LogP contribution in [-0.4, -0.2) is 22.5 Å². The monoisotopic (exact) mass is 352 g/mol. The molecule has 3 aromatic rings. The van der Waals surface area contributed by atoms with Crippen molar-refractivity contribution < 1.29 is 18.9 Å². The van der Waals surface area contributed by atoms with Crippen LogP contribution < -0.4 is 0 Å². The van der Waals surface area contributed by atoms with E-state index in [1.165, 1.54) is 12.1 Å². The van der Waals surface area contributed by atoms with Crippen molar-refractivity contribution in [2.45, 2.75) is 13.3 Å². The molecule has 0 N–H and O–H groups in total. The number of carbonyl (C=O) groups is 1. The molecule has 0 radical (unpaired) electrons. The van der Waals surface area contributed by atoms with Crippen LogP contribution in [0.25, 0.3) is 11.5 Å². The van der Waals surface area contributed by atoms with Crippen LogP contribution in [0.5, 0.6) is 0 Å². The summed E-state index contributed by atoms with van der Waals surface area (Å²) < 4.78 is 10.7. The Morgan fingerprint density at radius 3 is 2.65 bits per heavy atom. The van der Waals surface area contributed by atoms with E-state index < -0.39 is 10.9 Å². The second kappa shape index (κ2) is 7.60. The van der Waals surface area contributed by atoms with Crippen LogP contribution in [0.15, 0.2) is 59.0 Å². The number of nitro groups is 1. The number of nitrogens with zero attached hydrogens (tertiary/aromatic N) is 2. The molecule has 0 fully saturated rings. The highest BCUT2D eigenvalue weighted by atomic mass is 16.6. The molecule has 132 valence electrons. The standard InChI is InChI=1S/C19H16N2O5/c1-2-25-19(22)17-16(12-13-7-6-10-15(11-13)21(23)24)20-18(26-17)14-8-4-3-5-9-14/h3-11H,2,12H2,1H3. The third-order valence-electron chi connectivity index (χ3n) is 3.67. The van der Waals surface area contributed by atoms with Gasteiger partial charge in [-0.25, -0.2) is 9.78 Å². The van der Waals surface area contributed by atoms with Gasteiger partial charge >= 0.3 is 5.97 Å². The molecule has 0 amide bonds. The molecule has 0 bridgehead atoms. The minimum atomic E-state index is -0.609. The minimum absolute atomic E-state index is 0.0113. The van der Waals surface area contributed by atoms with Gasteiger partial charge in [0.05, 0.1) is 17.2 Å². The smallest absolute Gasteiger partial charge is 0.376 e. The fourth-order valence-electron chi connectivity index (χ4n) is 2.51. The van der Waals surface area contributed by atoms with E-state index >= 15 is 0 Å². The van der Waals surface area contributed by atoms with Gasteiger partial charge in [-0.05, 0) is 24.6 Å². The number of non-ortho nitro benzene ring substituents is 1. The molecule has 0 aliphatic carbocycles. The van der Waals surface area contributed by atoms with Crippen LogP contribution in [0.4, 0.5) is 5.69 Å². The van der Waals surface area contributed by atoms with Crippen LogP contribution in [0.1, 0.15) is 28.7 Å². The largest absolute Gasteiger partial charge is 0.460 e. The number of esters is 1. The lowest BCUT2D eigenvalue weighted by atomic mass is 10.1. The van der Waals surface area contributed by atoms with Gasteiger partial charge in [-0.1, -0.05) is 30.3 Å². The quantitative estimate of drug-likeness (QED) is 0.378. The molecule has 0 unspecified atom stereocenters. The van der Waals surface area contributed by atoms with Gasteiger partial charge in [-0.2, -0.15) is 0 Å². The highest BCUT2D eigenvalue weighted by Gasteiger charge is 2.22. The van der Waals surface area contributed by atoms with Crippen molar-refractivity contribution in [2.75, 3.05) is 6.61 Å². The molecule has 0 saturated carbocycles. The molecule has 3 rings (SSSR count).